The monoisotopic (exact) mass is 867 g/mol. The maximum Gasteiger partial charge on any atom is 0.294 e. The molecule has 3 aliphatic rings. The maximum atomic E-state index is 12.3. The third kappa shape index (κ3) is 10.5. The Kier molecular flexibility index (Phi) is 15.1. The van der Waals surface area contributed by atoms with Crippen LogP contribution in [0.25, 0.3) is 0 Å². The molecule has 3 aromatic rings. The second-order valence-electron chi connectivity index (χ2n) is 16.3. The molecule has 6 rings (SSSR count). The van der Waals surface area contributed by atoms with Crippen molar-refractivity contribution >= 4 is 44.6 Å². The van der Waals surface area contributed by atoms with Crippen molar-refractivity contribution in [2.24, 2.45) is 4.99 Å². The van der Waals surface area contributed by atoms with Crippen LogP contribution in [0.5, 0.6) is 5.75 Å². The maximum absolute atomic E-state index is 12.3. The second kappa shape index (κ2) is 20.0. The minimum Gasteiger partial charge on any atom is -0.457 e. The number of ether oxygens (including phenoxy) is 5. The zero-order valence-electron chi connectivity index (χ0n) is 36.2. The highest BCUT2D eigenvalue weighted by Crippen LogP contribution is 2.50. The normalized spacial score (nSPS) is 18.0. The number of hydrogen-bond acceptors (Lipinski definition) is 11. The van der Waals surface area contributed by atoms with Crippen molar-refractivity contribution in [3.05, 3.63) is 130 Å². The number of thiocarbonyl (C=S) groups is 1. The van der Waals surface area contributed by atoms with Crippen molar-refractivity contribution < 1.29 is 36.7 Å². The average Bonchev–Trinajstić information content (AvgIpc) is 3.57. The van der Waals surface area contributed by atoms with Gasteiger partial charge in [0.1, 0.15) is 11.5 Å². The first-order chi connectivity index (χ1) is 29.2. The first kappa shape index (κ1) is 45.9. The molecule has 11 nitrogen and oxygen atoms in total. The van der Waals surface area contributed by atoms with Crippen LogP contribution in [0.1, 0.15) is 63.6 Å². The minimum absolute atomic E-state index is 0.144. The van der Waals surface area contributed by atoms with E-state index < -0.39 is 15.5 Å². The number of methoxy groups -OCH3 is 2. The van der Waals surface area contributed by atoms with Crippen LogP contribution in [0.2, 0.25) is 0 Å². The van der Waals surface area contributed by atoms with E-state index in [1.54, 1.807) is 26.4 Å². The molecule has 13 heteroatoms. The van der Waals surface area contributed by atoms with Gasteiger partial charge in [-0.25, -0.2) is 0 Å². The van der Waals surface area contributed by atoms with Crippen LogP contribution < -0.4 is 14.5 Å². The molecule has 0 aromatic heterocycles. The van der Waals surface area contributed by atoms with Crippen molar-refractivity contribution in [3.8, 4) is 5.75 Å². The lowest BCUT2D eigenvalue weighted by molar-refractivity contribution is 0.0744. The zero-order chi connectivity index (χ0) is 43.8. The fourth-order valence-electron chi connectivity index (χ4n) is 8.24. The first-order valence-corrected chi connectivity index (χ1v) is 22.4. The lowest BCUT2D eigenvalue weighted by Gasteiger charge is -2.27. The van der Waals surface area contributed by atoms with Crippen LogP contribution in [0, 0.1) is 6.92 Å². The number of anilines is 2. The molecule has 1 aliphatic carbocycles. The Hall–Kier alpha value is -4.65. The van der Waals surface area contributed by atoms with E-state index in [0.717, 1.165) is 64.5 Å². The lowest BCUT2D eigenvalue weighted by atomic mass is 9.83. The summed E-state index contributed by atoms with van der Waals surface area (Å²) in [6.07, 6.45) is 8.75. The van der Waals surface area contributed by atoms with Gasteiger partial charge in [-0.15, -0.1) is 0 Å². The van der Waals surface area contributed by atoms with Crippen molar-refractivity contribution in [1.82, 2.24) is 0 Å². The van der Waals surface area contributed by atoms with E-state index in [1.165, 1.54) is 17.2 Å². The molecular weight excluding hydrogens is 811 g/mol. The van der Waals surface area contributed by atoms with Crippen LogP contribution in [-0.4, -0.2) is 85.1 Å². The number of hydrogen-bond donors (Lipinski definition) is 1. The van der Waals surface area contributed by atoms with Gasteiger partial charge in [0, 0.05) is 60.8 Å². The molecule has 2 aliphatic heterocycles. The molecule has 0 bridgehead atoms. The molecule has 0 saturated carbocycles. The van der Waals surface area contributed by atoms with Gasteiger partial charge in [-0.2, -0.15) is 13.4 Å². The number of aliphatic imine (C=N–C) groups is 1. The number of allylic oxidation sites excluding steroid dienone is 6. The molecule has 2 heterocycles. The molecule has 0 amide bonds. The van der Waals surface area contributed by atoms with E-state index in [9.17, 15) is 13.0 Å². The van der Waals surface area contributed by atoms with Crippen molar-refractivity contribution in [2.75, 3.05) is 76.8 Å². The van der Waals surface area contributed by atoms with Crippen LogP contribution >= 0.6 is 12.2 Å². The third-order valence-corrected chi connectivity index (χ3v) is 12.4. The van der Waals surface area contributed by atoms with Crippen molar-refractivity contribution in [3.63, 3.8) is 0 Å². The number of rotatable bonds is 18. The van der Waals surface area contributed by atoms with Crippen LogP contribution in [0.4, 0.5) is 17.1 Å². The smallest absolute Gasteiger partial charge is 0.294 e. The Bertz CT molecular complexity index is 2400. The van der Waals surface area contributed by atoms with Gasteiger partial charge < -0.3 is 33.5 Å². The highest BCUT2D eigenvalue weighted by atomic mass is 32.2. The highest BCUT2D eigenvalue weighted by Gasteiger charge is 2.42. The topological polar surface area (TPSA) is 119 Å². The Labute approximate surface area is 366 Å². The lowest BCUT2D eigenvalue weighted by Crippen LogP contribution is -2.29. The minimum atomic E-state index is -4.41. The predicted octanol–water partition coefficient (Wildman–Crippen LogP) is 9.56. The molecule has 0 atom stereocenters. The summed E-state index contributed by atoms with van der Waals surface area (Å²) >= 11 is 4.83. The highest BCUT2D eigenvalue weighted by molar-refractivity contribution is 7.85. The second-order valence-corrected chi connectivity index (χ2v) is 17.9. The molecule has 61 heavy (non-hydrogen) atoms. The number of benzene rings is 3. The number of nitrogens with zero attached hydrogens (tertiary/aromatic N) is 3. The molecule has 0 spiro atoms. The molecule has 0 saturated heterocycles. The van der Waals surface area contributed by atoms with Gasteiger partial charge >= 0.3 is 0 Å². The third-order valence-electron chi connectivity index (χ3n) is 11.5. The van der Waals surface area contributed by atoms with Crippen LogP contribution in [-0.2, 0) is 39.9 Å². The Morgan fingerprint density at radius 1 is 0.803 bits per heavy atom. The van der Waals surface area contributed by atoms with Gasteiger partial charge in [-0.1, -0.05) is 43.4 Å². The van der Waals surface area contributed by atoms with Crippen molar-refractivity contribution in [1.29, 1.82) is 0 Å². The number of fused-ring (bicyclic) bond motifs is 2. The molecule has 1 N–H and O–H groups in total. The standard InChI is InChI=1S/C48H57N3O8S2/c1-34-11-19-42-40(31-34)47(2,3)44(50(42)23-25-57-29-27-55-6)21-12-35-9-8-10-36(46(35)59-38-16-14-37(15-17-38)49-33-60)13-22-45-48(4,5)41-32-39(61(52,53)54)18-20-43(41)51(45)24-26-58-30-28-56-7/h11-20,22,31-32H,8-10,23-30H2,1-7H3,(H,52,53,54). The van der Waals surface area contributed by atoms with E-state index in [4.69, 9.17) is 35.9 Å². The van der Waals surface area contributed by atoms with E-state index in [2.05, 4.69) is 96.7 Å². The summed E-state index contributed by atoms with van der Waals surface area (Å²) in [6, 6.07) is 18.8. The van der Waals surface area contributed by atoms with Gasteiger partial charge in [-0.3, -0.25) is 4.55 Å². The summed E-state index contributed by atoms with van der Waals surface area (Å²) in [4.78, 5) is 8.45. The largest absolute Gasteiger partial charge is 0.457 e. The summed E-state index contributed by atoms with van der Waals surface area (Å²) < 4.78 is 63.5. The van der Waals surface area contributed by atoms with E-state index >= 15 is 0 Å². The summed E-state index contributed by atoms with van der Waals surface area (Å²) in [6.45, 7) is 14.9. The Morgan fingerprint density at radius 2 is 1.44 bits per heavy atom. The Morgan fingerprint density at radius 3 is 2.10 bits per heavy atom. The molecule has 3 aromatic carbocycles. The molecule has 324 valence electrons. The fraction of sp³-hybridized carbons (Fsp3) is 0.417. The predicted molar refractivity (Wildman–Crippen MR) is 244 cm³/mol. The fourth-order valence-corrected chi connectivity index (χ4v) is 8.85. The molecule has 0 radical (unpaired) electrons. The first-order valence-electron chi connectivity index (χ1n) is 20.6. The van der Waals surface area contributed by atoms with Gasteiger partial charge in [0.05, 0.1) is 61.1 Å². The number of isothiocyanates is 1. The summed E-state index contributed by atoms with van der Waals surface area (Å²) in [7, 11) is -1.11. The molecule has 0 fully saturated rings. The summed E-state index contributed by atoms with van der Waals surface area (Å²) in [5.41, 5.74) is 12.8. The van der Waals surface area contributed by atoms with Crippen LogP contribution in [0.3, 0.4) is 0 Å². The molecular formula is C48H57N3O8S2. The zero-order valence-corrected chi connectivity index (χ0v) is 37.9. The SMILES string of the molecule is COCCOCCN1C(=C=CC2=C(Oc3ccc(N=C=S)cc3)C(=CC=C3N(CCOCCOC)c4ccc(S(=O)(=O)O)cc4C3(C)C)CCC2)C(C)(C)c2cc(C)ccc21. The summed E-state index contributed by atoms with van der Waals surface area (Å²) in [5.74, 6) is 1.40. The Balaban J connectivity index is 1.46. The van der Waals surface area contributed by atoms with E-state index in [0.29, 0.717) is 64.2 Å². The van der Waals surface area contributed by atoms with Crippen LogP contribution in [0.15, 0.2) is 123 Å². The molecule has 0 unspecified atom stereocenters. The van der Waals surface area contributed by atoms with Gasteiger partial charge in [0.25, 0.3) is 10.1 Å². The van der Waals surface area contributed by atoms with E-state index in [1.807, 2.05) is 24.3 Å². The van der Waals surface area contributed by atoms with Gasteiger partial charge in [-0.05, 0) is 130 Å². The average molecular weight is 868 g/mol. The quantitative estimate of drug-likeness (QED) is 0.0433. The van der Waals surface area contributed by atoms with Crippen molar-refractivity contribution in [2.45, 2.75) is 69.6 Å². The van der Waals surface area contributed by atoms with Gasteiger partial charge in [0.2, 0.25) is 0 Å². The van der Waals surface area contributed by atoms with Gasteiger partial charge in [0.15, 0.2) is 0 Å². The number of aryl methyl sites for hydroxylation is 1. The van der Waals surface area contributed by atoms with E-state index in [-0.39, 0.29) is 10.3 Å². The summed E-state index contributed by atoms with van der Waals surface area (Å²) in [5, 5.41) is 2.43.